The van der Waals surface area contributed by atoms with Gasteiger partial charge < -0.3 is 20.1 Å². The SMILES string of the molecule is CCCCCCCCC(O)C(C)OCC(O)CO. The van der Waals surface area contributed by atoms with Gasteiger partial charge in [-0.1, -0.05) is 45.4 Å². The van der Waals surface area contributed by atoms with Gasteiger partial charge in [-0.2, -0.15) is 0 Å². The van der Waals surface area contributed by atoms with Crippen LogP contribution < -0.4 is 0 Å². The second-order valence-corrected chi connectivity index (χ2v) is 5.00. The van der Waals surface area contributed by atoms with Gasteiger partial charge in [-0.05, 0) is 13.3 Å². The third kappa shape index (κ3) is 9.83. The van der Waals surface area contributed by atoms with E-state index in [1.54, 1.807) is 6.92 Å². The van der Waals surface area contributed by atoms with E-state index < -0.39 is 12.2 Å². The monoisotopic (exact) mass is 262 g/mol. The van der Waals surface area contributed by atoms with E-state index in [9.17, 15) is 5.11 Å². The van der Waals surface area contributed by atoms with Crippen molar-refractivity contribution in [3.63, 3.8) is 0 Å². The molecule has 0 aromatic rings. The van der Waals surface area contributed by atoms with E-state index in [0.29, 0.717) is 0 Å². The molecule has 0 saturated carbocycles. The van der Waals surface area contributed by atoms with Gasteiger partial charge >= 0.3 is 0 Å². The average molecular weight is 262 g/mol. The number of ether oxygens (including phenoxy) is 1. The first kappa shape index (κ1) is 17.8. The Morgan fingerprint density at radius 3 is 2.22 bits per heavy atom. The van der Waals surface area contributed by atoms with Gasteiger partial charge in [-0.15, -0.1) is 0 Å². The molecule has 0 aliphatic rings. The van der Waals surface area contributed by atoms with E-state index in [2.05, 4.69) is 6.92 Å². The molecule has 3 N–H and O–H groups in total. The van der Waals surface area contributed by atoms with Gasteiger partial charge in [-0.25, -0.2) is 0 Å². The lowest BCUT2D eigenvalue weighted by Crippen LogP contribution is -2.30. The van der Waals surface area contributed by atoms with Crippen molar-refractivity contribution in [3.05, 3.63) is 0 Å². The maximum absolute atomic E-state index is 9.84. The Morgan fingerprint density at radius 2 is 1.61 bits per heavy atom. The highest BCUT2D eigenvalue weighted by atomic mass is 16.5. The molecule has 3 unspecified atom stereocenters. The summed E-state index contributed by atoms with van der Waals surface area (Å²) in [4.78, 5) is 0. The molecule has 0 rings (SSSR count). The van der Waals surface area contributed by atoms with Crippen molar-refractivity contribution in [3.8, 4) is 0 Å². The molecule has 0 fully saturated rings. The third-order valence-corrected chi connectivity index (χ3v) is 3.16. The van der Waals surface area contributed by atoms with Crippen LogP contribution in [0.1, 0.15) is 58.8 Å². The largest absolute Gasteiger partial charge is 0.394 e. The first-order valence-electron chi connectivity index (χ1n) is 7.20. The molecular weight excluding hydrogens is 232 g/mol. The Kier molecular flexibility index (Phi) is 11.8. The molecule has 0 aromatic heterocycles. The fourth-order valence-corrected chi connectivity index (χ4v) is 1.80. The zero-order chi connectivity index (χ0) is 13.8. The number of hydrogen-bond donors (Lipinski definition) is 3. The topological polar surface area (TPSA) is 69.9 Å². The van der Waals surface area contributed by atoms with Crippen LogP contribution in [-0.4, -0.2) is 46.8 Å². The van der Waals surface area contributed by atoms with Crippen LogP contribution in [0.5, 0.6) is 0 Å². The van der Waals surface area contributed by atoms with Crippen LogP contribution in [0.4, 0.5) is 0 Å². The first-order chi connectivity index (χ1) is 8.61. The van der Waals surface area contributed by atoms with Gasteiger partial charge in [0.2, 0.25) is 0 Å². The van der Waals surface area contributed by atoms with Gasteiger partial charge in [0, 0.05) is 0 Å². The molecule has 4 nitrogen and oxygen atoms in total. The number of unbranched alkanes of at least 4 members (excludes halogenated alkanes) is 5. The quantitative estimate of drug-likeness (QED) is 0.470. The highest BCUT2D eigenvalue weighted by Gasteiger charge is 2.15. The molecule has 0 aliphatic carbocycles. The molecule has 0 spiro atoms. The second-order valence-electron chi connectivity index (χ2n) is 5.00. The van der Waals surface area contributed by atoms with Crippen molar-refractivity contribution in [2.24, 2.45) is 0 Å². The van der Waals surface area contributed by atoms with Crippen LogP contribution in [0.25, 0.3) is 0 Å². The zero-order valence-corrected chi connectivity index (χ0v) is 11.8. The normalized spacial score (nSPS) is 16.5. The molecule has 0 bridgehead atoms. The lowest BCUT2D eigenvalue weighted by atomic mass is 10.0. The number of hydrogen-bond acceptors (Lipinski definition) is 4. The van der Waals surface area contributed by atoms with Crippen molar-refractivity contribution in [2.45, 2.75) is 77.1 Å². The Bertz CT molecular complexity index is 175. The number of rotatable bonds is 12. The highest BCUT2D eigenvalue weighted by molar-refractivity contribution is 4.65. The summed E-state index contributed by atoms with van der Waals surface area (Å²) < 4.78 is 5.29. The van der Waals surface area contributed by atoms with Crippen molar-refractivity contribution in [2.75, 3.05) is 13.2 Å². The Morgan fingerprint density at radius 1 is 1.00 bits per heavy atom. The lowest BCUT2D eigenvalue weighted by molar-refractivity contribution is -0.0693. The first-order valence-corrected chi connectivity index (χ1v) is 7.20. The lowest BCUT2D eigenvalue weighted by Gasteiger charge is -2.20. The minimum Gasteiger partial charge on any atom is -0.394 e. The molecule has 110 valence electrons. The molecule has 4 heteroatoms. The molecule has 18 heavy (non-hydrogen) atoms. The molecule has 0 aliphatic heterocycles. The predicted molar refractivity (Wildman–Crippen MR) is 72.5 cm³/mol. The highest BCUT2D eigenvalue weighted by Crippen LogP contribution is 2.12. The van der Waals surface area contributed by atoms with Crippen molar-refractivity contribution < 1.29 is 20.1 Å². The Hall–Kier alpha value is -0.160. The minimum absolute atomic E-state index is 0.0746. The van der Waals surface area contributed by atoms with Gasteiger partial charge in [0.1, 0.15) is 6.10 Å². The molecule has 0 saturated heterocycles. The van der Waals surface area contributed by atoms with Crippen LogP contribution in [0, 0.1) is 0 Å². The van der Waals surface area contributed by atoms with Crippen molar-refractivity contribution >= 4 is 0 Å². The van der Waals surface area contributed by atoms with Gasteiger partial charge in [-0.3, -0.25) is 0 Å². The summed E-state index contributed by atoms with van der Waals surface area (Å²) in [6.07, 6.45) is 6.34. The van der Waals surface area contributed by atoms with Gasteiger partial charge in [0.05, 0.1) is 25.4 Å². The van der Waals surface area contributed by atoms with Crippen LogP contribution in [0.2, 0.25) is 0 Å². The minimum atomic E-state index is -0.853. The summed E-state index contributed by atoms with van der Waals surface area (Å²) in [5.74, 6) is 0. The summed E-state index contributed by atoms with van der Waals surface area (Å²) in [5, 5.41) is 27.6. The smallest absolute Gasteiger partial charge is 0.100 e. The maximum Gasteiger partial charge on any atom is 0.100 e. The van der Waals surface area contributed by atoms with E-state index in [1.807, 2.05) is 0 Å². The van der Waals surface area contributed by atoms with Crippen LogP contribution >= 0.6 is 0 Å². The van der Waals surface area contributed by atoms with Gasteiger partial charge in [0.25, 0.3) is 0 Å². The van der Waals surface area contributed by atoms with Crippen LogP contribution in [0.15, 0.2) is 0 Å². The molecule has 0 amide bonds. The third-order valence-electron chi connectivity index (χ3n) is 3.16. The summed E-state index contributed by atoms with van der Waals surface area (Å²) in [6.45, 7) is 3.76. The van der Waals surface area contributed by atoms with E-state index >= 15 is 0 Å². The van der Waals surface area contributed by atoms with E-state index in [4.69, 9.17) is 14.9 Å². The van der Waals surface area contributed by atoms with Crippen molar-refractivity contribution in [1.29, 1.82) is 0 Å². The number of aliphatic hydroxyl groups excluding tert-OH is 3. The maximum atomic E-state index is 9.84. The number of aliphatic hydroxyl groups is 3. The summed E-state index contributed by atoms with van der Waals surface area (Å²) in [6, 6.07) is 0. The Balaban J connectivity index is 3.46. The molecule has 0 radical (unpaired) electrons. The predicted octanol–water partition coefficient (Wildman–Crippen LogP) is 1.86. The second kappa shape index (κ2) is 11.9. The molecule has 0 aromatic carbocycles. The van der Waals surface area contributed by atoms with Crippen LogP contribution in [-0.2, 0) is 4.74 Å². The molecule has 3 atom stereocenters. The molecular formula is C14H30O4. The standard InChI is InChI=1S/C14H30O4/c1-3-4-5-6-7-8-9-14(17)12(2)18-11-13(16)10-15/h12-17H,3-11H2,1-2H3. The van der Waals surface area contributed by atoms with Crippen molar-refractivity contribution in [1.82, 2.24) is 0 Å². The van der Waals surface area contributed by atoms with E-state index in [0.717, 1.165) is 19.3 Å². The molecule has 0 heterocycles. The van der Waals surface area contributed by atoms with Crippen LogP contribution in [0.3, 0.4) is 0 Å². The Labute approximate surface area is 111 Å². The van der Waals surface area contributed by atoms with E-state index in [1.165, 1.54) is 25.7 Å². The summed E-state index contributed by atoms with van der Waals surface area (Å²) in [5.41, 5.74) is 0. The fourth-order valence-electron chi connectivity index (χ4n) is 1.80. The van der Waals surface area contributed by atoms with Gasteiger partial charge in [0.15, 0.2) is 0 Å². The summed E-state index contributed by atoms with van der Waals surface area (Å²) >= 11 is 0. The zero-order valence-electron chi connectivity index (χ0n) is 11.8. The fraction of sp³-hybridized carbons (Fsp3) is 1.00. The average Bonchev–Trinajstić information content (AvgIpc) is 2.39. The van der Waals surface area contributed by atoms with E-state index in [-0.39, 0.29) is 19.3 Å². The summed E-state index contributed by atoms with van der Waals surface area (Å²) in [7, 11) is 0.